The van der Waals surface area contributed by atoms with Crippen molar-refractivity contribution in [1.29, 1.82) is 0 Å². The van der Waals surface area contributed by atoms with E-state index in [-0.39, 0.29) is 5.91 Å². The molecule has 1 N–H and O–H groups in total. The highest BCUT2D eigenvalue weighted by Gasteiger charge is 2.14. The lowest BCUT2D eigenvalue weighted by Crippen LogP contribution is -2.09. The minimum absolute atomic E-state index is 0.212. The third-order valence-corrected chi connectivity index (χ3v) is 2.70. The maximum Gasteiger partial charge on any atom is 0.341 e. The number of ether oxygens (including phenoxy) is 1. The van der Waals surface area contributed by atoms with E-state index in [0.717, 1.165) is 5.57 Å². The van der Waals surface area contributed by atoms with Gasteiger partial charge in [0, 0.05) is 18.0 Å². The van der Waals surface area contributed by atoms with E-state index in [4.69, 9.17) is 4.74 Å². The predicted molar refractivity (Wildman–Crippen MR) is 79.2 cm³/mol. The Bertz CT molecular complexity index is 712. The van der Waals surface area contributed by atoms with E-state index < -0.39 is 5.97 Å². The molecule has 21 heavy (non-hydrogen) atoms. The molecule has 0 saturated heterocycles. The number of amides is 1. The van der Waals surface area contributed by atoms with Gasteiger partial charge in [-0.3, -0.25) is 4.79 Å². The zero-order valence-electron chi connectivity index (χ0n) is 12.2. The van der Waals surface area contributed by atoms with Crippen molar-refractivity contribution in [3.8, 4) is 0 Å². The Labute approximate surface area is 122 Å². The number of esters is 1. The molecule has 0 aliphatic carbocycles. The monoisotopic (exact) mass is 287 g/mol. The van der Waals surface area contributed by atoms with E-state index >= 15 is 0 Å². The number of carbonyl (C=O) groups is 2. The Morgan fingerprint density at radius 1 is 1.43 bits per heavy atom. The second-order valence-corrected chi connectivity index (χ2v) is 4.73. The molecule has 0 spiro atoms. The second kappa shape index (κ2) is 6.21. The molecule has 2 heterocycles. The molecular weight excluding hydrogens is 270 g/mol. The molecule has 2 aromatic rings. The van der Waals surface area contributed by atoms with Crippen molar-refractivity contribution in [2.24, 2.45) is 0 Å². The van der Waals surface area contributed by atoms with Crippen molar-refractivity contribution >= 4 is 23.1 Å². The third kappa shape index (κ3) is 3.47. The number of nitrogens with zero attached hydrogens (tertiary/aromatic N) is 2. The van der Waals surface area contributed by atoms with Crippen LogP contribution in [0.1, 0.15) is 31.1 Å². The van der Waals surface area contributed by atoms with Crippen LogP contribution in [0, 0.1) is 0 Å². The molecule has 0 saturated carbocycles. The molecule has 110 valence electrons. The number of pyridine rings is 1. The zero-order chi connectivity index (χ0) is 15.4. The number of fused-ring (bicyclic) bond motifs is 1. The highest BCUT2D eigenvalue weighted by molar-refractivity contribution is 6.01. The largest absolute Gasteiger partial charge is 0.462 e. The second-order valence-electron chi connectivity index (χ2n) is 4.73. The van der Waals surface area contributed by atoms with E-state index in [1.807, 2.05) is 13.8 Å². The number of hydrogen-bond acceptors (Lipinski definition) is 4. The van der Waals surface area contributed by atoms with E-state index in [0.29, 0.717) is 23.4 Å². The SMILES string of the molecule is CCOC(=O)c1cnn2ccc(NC(=O)C=C(C)C)cc12. The standard InChI is InChI=1S/C15H17N3O3/c1-4-21-15(20)12-9-16-18-6-5-11(8-13(12)18)17-14(19)7-10(2)3/h5-9H,4H2,1-3H3,(H,17,19). The van der Waals surface area contributed by atoms with Crippen molar-refractivity contribution in [3.63, 3.8) is 0 Å². The van der Waals surface area contributed by atoms with Crippen LogP contribution in [0.2, 0.25) is 0 Å². The van der Waals surface area contributed by atoms with Gasteiger partial charge < -0.3 is 10.1 Å². The molecule has 0 fully saturated rings. The van der Waals surface area contributed by atoms with Gasteiger partial charge in [0.15, 0.2) is 0 Å². The first-order chi connectivity index (χ1) is 10.0. The molecule has 2 rings (SSSR count). The summed E-state index contributed by atoms with van der Waals surface area (Å²) in [5.74, 6) is -0.642. The van der Waals surface area contributed by atoms with Crippen LogP contribution in [0.25, 0.3) is 5.52 Å². The van der Waals surface area contributed by atoms with Crippen molar-refractivity contribution in [2.45, 2.75) is 20.8 Å². The fourth-order valence-corrected chi connectivity index (χ4v) is 1.87. The number of allylic oxidation sites excluding steroid dienone is 1. The third-order valence-electron chi connectivity index (χ3n) is 2.70. The van der Waals surface area contributed by atoms with Crippen LogP contribution >= 0.6 is 0 Å². The normalized spacial score (nSPS) is 10.2. The molecule has 0 atom stereocenters. The lowest BCUT2D eigenvalue weighted by atomic mass is 10.2. The van der Waals surface area contributed by atoms with Gasteiger partial charge in [-0.05, 0) is 32.9 Å². The van der Waals surface area contributed by atoms with Crippen LogP contribution in [0.15, 0.2) is 36.2 Å². The van der Waals surface area contributed by atoms with Gasteiger partial charge in [-0.1, -0.05) is 5.57 Å². The lowest BCUT2D eigenvalue weighted by Gasteiger charge is -2.04. The Morgan fingerprint density at radius 3 is 2.86 bits per heavy atom. The number of carbonyl (C=O) groups excluding carboxylic acids is 2. The number of aromatic nitrogens is 2. The molecule has 0 bridgehead atoms. The Morgan fingerprint density at radius 2 is 2.19 bits per heavy atom. The van der Waals surface area contributed by atoms with Crippen LogP contribution in [0.3, 0.4) is 0 Å². The summed E-state index contributed by atoms with van der Waals surface area (Å²) in [5.41, 5.74) is 2.46. The van der Waals surface area contributed by atoms with Gasteiger partial charge in [-0.25, -0.2) is 9.31 Å². The maximum atomic E-state index is 11.8. The summed E-state index contributed by atoms with van der Waals surface area (Å²) in [5, 5.41) is 6.83. The van der Waals surface area contributed by atoms with Crippen molar-refractivity contribution < 1.29 is 14.3 Å². The summed E-state index contributed by atoms with van der Waals surface area (Å²) in [6.07, 6.45) is 4.64. The van der Waals surface area contributed by atoms with E-state index in [1.54, 1.807) is 29.8 Å². The van der Waals surface area contributed by atoms with Crippen molar-refractivity contribution in [3.05, 3.63) is 41.7 Å². The molecule has 0 aliphatic rings. The summed E-state index contributed by atoms with van der Waals surface area (Å²) < 4.78 is 6.54. The highest BCUT2D eigenvalue weighted by Crippen LogP contribution is 2.17. The molecule has 0 unspecified atom stereocenters. The molecule has 6 heteroatoms. The number of anilines is 1. The average molecular weight is 287 g/mol. The average Bonchev–Trinajstić information content (AvgIpc) is 2.81. The predicted octanol–water partition coefficient (Wildman–Crippen LogP) is 2.42. The Kier molecular flexibility index (Phi) is 4.37. The number of hydrogen-bond donors (Lipinski definition) is 1. The molecule has 2 aromatic heterocycles. The maximum absolute atomic E-state index is 11.8. The first-order valence-corrected chi connectivity index (χ1v) is 6.61. The molecule has 0 aromatic carbocycles. The van der Waals surface area contributed by atoms with Gasteiger partial charge in [0.05, 0.1) is 18.3 Å². The molecule has 0 aliphatic heterocycles. The fourth-order valence-electron chi connectivity index (χ4n) is 1.87. The van der Waals surface area contributed by atoms with Crippen LogP contribution in [0.4, 0.5) is 5.69 Å². The van der Waals surface area contributed by atoms with Crippen LogP contribution in [-0.2, 0) is 9.53 Å². The molecule has 0 radical (unpaired) electrons. The Hall–Kier alpha value is -2.63. The van der Waals surface area contributed by atoms with E-state index in [9.17, 15) is 9.59 Å². The summed E-state index contributed by atoms with van der Waals surface area (Å²) in [6.45, 7) is 5.74. The Balaban J connectivity index is 2.32. The molecular formula is C15H17N3O3. The van der Waals surface area contributed by atoms with Crippen LogP contribution in [-0.4, -0.2) is 28.1 Å². The van der Waals surface area contributed by atoms with Gasteiger partial charge in [0.2, 0.25) is 5.91 Å². The molecule has 6 nitrogen and oxygen atoms in total. The smallest absolute Gasteiger partial charge is 0.341 e. The van der Waals surface area contributed by atoms with Gasteiger partial charge in [-0.15, -0.1) is 0 Å². The minimum Gasteiger partial charge on any atom is -0.462 e. The quantitative estimate of drug-likeness (QED) is 0.692. The van der Waals surface area contributed by atoms with Gasteiger partial charge in [0.1, 0.15) is 5.56 Å². The summed E-state index contributed by atoms with van der Waals surface area (Å²) >= 11 is 0. The van der Waals surface area contributed by atoms with E-state index in [2.05, 4.69) is 10.4 Å². The minimum atomic E-state index is -0.430. The van der Waals surface area contributed by atoms with Gasteiger partial charge in [0.25, 0.3) is 0 Å². The van der Waals surface area contributed by atoms with Crippen molar-refractivity contribution in [1.82, 2.24) is 9.61 Å². The first kappa shape index (κ1) is 14.8. The number of rotatable bonds is 4. The summed E-state index contributed by atoms with van der Waals surface area (Å²) in [7, 11) is 0. The van der Waals surface area contributed by atoms with Crippen LogP contribution < -0.4 is 5.32 Å². The zero-order valence-corrected chi connectivity index (χ0v) is 12.2. The number of nitrogens with one attached hydrogen (secondary N) is 1. The first-order valence-electron chi connectivity index (χ1n) is 6.61. The highest BCUT2D eigenvalue weighted by atomic mass is 16.5. The van der Waals surface area contributed by atoms with Crippen LogP contribution in [0.5, 0.6) is 0 Å². The van der Waals surface area contributed by atoms with Crippen molar-refractivity contribution in [2.75, 3.05) is 11.9 Å². The van der Waals surface area contributed by atoms with Gasteiger partial charge in [-0.2, -0.15) is 5.10 Å². The fraction of sp³-hybridized carbons (Fsp3) is 0.267. The molecule has 1 amide bonds. The van der Waals surface area contributed by atoms with E-state index in [1.165, 1.54) is 12.3 Å². The lowest BCUT2D eigenvalue weighted by molar-refractivity contribution is -0.111. The topological polar surface area (TPSA) is 72.7 Å². The summed E-state index contributed by atoms with van der Waals surface area (Å²) in [4.78, 5) is 23.5. The summed E-state index contributed by atoms with van der Waals surface area (Å²) in [6, 6.07) is 3.40. The van der Waals surface area contributed by atoms with Gasteiger partial charge >= 0.3 is 5.97 Å².